The number of ether oxygens (including phenoxy) is 1. The molecule has 3 nitrogen and oxygen atoms in total. The van der Waals surface area contributed by atoms with Crippen molar-refractivity contribution in [2.75, 3.05) is 19.8 Å². The largest absolute Gasteiger partial charge is 0.377 e. The van der Waals surface area contributed by atoms with Crippen molar-refractivity contribution in [3.8, 4) is 0 Å². The maximum absolute atomic E-state index is 12.3. The summed E-state index contributed by atoms with van der Waals surface area (Å²) in [7, 11) is 0. The van der Waals surface area contributed by atoms with Crippen molar-refractivity contribution in [1.82, 2.24) is 4.90 Å². The first kappa shape index (κ1) is 12.5. The summed E-state index contributed by atoms with van der Waals surface area (Å²) in [5, 5.41) is 0. The Morgan fingerprint density at radius 1 is 1.62 bits per heavy atom. The van der Waals surface area contributed by atoms with Crippen molar-refractivity contribution in [1.29, 1.82) is 0 Å². The third-order valence-corrected chi connectivity index (χ3v) is 4.85. The number of thiophene rings is 1. The molecule has 1 aromatic rings. The molecule has 0 N–H and O–H groups in total. The quantitative estimate of drug-likeness (QED) is 0.762. The molecule has 1 aliphatic heterocycles. The lowest BCUT2D eigenvalue weighted by molar-refractivity contribution is 0.00357. The summed E-state index contributed by atoms with van der Waals surface area (Å²) in [6.45, 7) is 3.92. The Morgan fingerprint density at radius 2 is 2.38 bits per heavy atom. The Morgan fingerprint density at radius 3 is 2.94 bits per heavy atom. The molecular formula is C10H11Br2NO2S. The third-order valence-electron chi connectivity index (χ3n) is 2.52. The van der Waals surface area contributed by atoms with Crippen LogP contribution in [0.25, 0.3) is 0 Å². The van der Waals surface area contributed by atoms with Crippen LogP contribution < -0.4 is 0 Å². The van der Waals surface area contributed by atoms with Gasteiger partial charge in [-0.05, 0) is 44.8 Å². The van der Waals surface area contributed by atoms with Gasteiger partial charge in [-0.2, -0.15) is 0 Å². The van der Waals surface area contributed by atoms with Crippen LogP contribution in [0.15, 0.2) is 13.6 Å². The van der Waals surface area contributed by atoms with Crippen LogP contribution in [-0.2, 0) is 4.74 Å². The van der Waals surface area contributed by atoms with Gasteiger partial charge in [0, 0.05) is 6.54 Å². The number of carbonyl (C=O) groups excluding carboxylic acids is 1. The predicted octanol–water partition coefficient (Wildman–Crippen LogP) is 3.13. The summed E-state index contributed by atoms with van der Waals surface area (Å²) in [4.78, 5) is 14.1. The van der Waals surface area contributed by atoms with Crippen LogP contribution in [0.3, 0.4) is 0 Å². The molecule has 0 aliphatic carbocycles. The van der Waals surface area contributed by atoms with E-state index in [2.05, 4.69) is 31.9 Å². The number of hydrogen-bond donors (Lipinski definition) is 0. The normalized spacial score (nSPS) is 21.2. The topological polar surface area (TPSA) is 29.5 Å². The average molecular weight is 369 g/mol. The van der Waals surface area contributed by atoms with Gasteiger partial charge in [-0.25, -0.2) is 0 Å². The summed E-state index contributed by atoms with van der Waals surface area (Å²) in [6.07, 6.45) is 0. The second-order valence-electron chi connectivity index (χ2n) is 3.66. The van der Waals surface area contributed by atoms with E-state index in [1.807, 2.05) is 17.9 Å². The van der Waals surface area contributed by atoms with E-state index in [9.17, 15) is 4.79 Å². The third kappa shape index (κ3) is 2.50. The molecule has 0 unspecified atom stereocenters. The molecule has 0 saturated carbocycles. The molecule has 1 saturated heterocycles. The lowest BCUT2D eigenvalue weighted by Gasteiger charge is -2.33. The Bertz CT molecular complexity index is 408. The summed E-state index contributed by atoms with van der Waals surface area (Å²) in [6, 6.07) is 2.01. The molecule has 1 aliphatic rings. The number of morpholine rings is 1. The van der Waals surface area contributed by atoms with E-state index >= 15 is 0 Å². The molecule has 1 amide bonds. The molecule has 2 rings (SSSR count). The number of hydrogen-bond acceptors (Lipinski definition) is 3. The number of nitrogens with zero attached hydrogens (tertiary/aromatic N) is 1. The Kier molecular flexibility index (Phi) is 4.05. The first-order valence-corrected chi connectivity index (χ1v) is 7.33. The molecule has 88 valence electrons. The molecule has 1 fully saturated rings. The number of amides is 1. The van der Waals surface area contributed by atoms with Gasteiger partial charge in [0.2, 0.25) is 0 Å². The Hall–Kier alpha value is 0.0900. The molecule has 0 bridgehead atoms. The Labute approximate surface area is 115 Å². The second kappa shape index (κ2) is 5.16. The molecule has 2 heterocycles. The SMILES string of the molecule is C[C@@H]1COCCN1C(=O)c1cc(Br)sc1Br. The van der Waals surface area contributed by atoms with Crippen LogP contribution in [0.4, 0.5) is 0 Å². The van der Waals surface area contributed by atoms with E-state index in [-0.39, 0.29) is 11.9 Å². The van der Waals surface area contributed by atoms with E-state index in [0.717, 1.165) is 13.1 Å². The zero-order chi connectivity index (χ0) is 11.7. The first-order chi connectivity index (χ1) is 7.59. The van der Waals surface area contributed by atoms with Gasteiger partial charge in [-0.1, -0.05) is 0 Å². The molecular weight excluding hydrogens is 358 g/mol. The van der Waals surface area contributed by atoms with Crippen molar-refractivity contribution >= 4 is 49.1 Å². The lowest BCUT2D eigenvalue weighted by Crippen LogP contribution is -2.47. The summed E-state index contributed by atoms with van der Waals surface area (Å²) < 4.78 is 7.16. The van der Waals surface area contributed by atoms with E-state index in [1.54, 1.807) is 0 Å². The molecule has 0 spiro atoms. The molecule has 1 aromatic heterocycles. The van der Waals surface area contributed by atoms with E-state index in [4.69, 9.17) is 4.74 Å². The highest BCUT2D eigenvalue weighted by Gasteiger charge is 2.26. The fraction of sp³-hybridized carbons (Fsp3) is 0.500. The fourth-order valence-corrected chi connectivity index (χ4v) is 4.45. The fourth-order valence-electron chi connectivity index (χ4n) is 1.67. The van der Waals surface area contributed by atoms with Crippen LogP contribution in [0.2, 0.25) is 0 Å². The van der Waals surface area contributed by atoms with Crippen LogP contribution in [0, 0.1) is 0 Å². The van der Waals surface area contributed by atoms with Gasteiger partial charge >= 0.3 is 0 Å². The molecule has 16 heavy (non-hydrogen) atoms. The van der Waals surface area contributed by atoms with Crippen LogP contribution >= 0.6 is 43.2 Å². The van der Waals surface area contributed by atoms with Gasteiger partial charge in [0.05, 0.1) is 32.4 Å². The minimum absolute atomic E-state index is 0.0737. The second-order valence-corrected chi connectivity index (χ2v) is 7.41. The number of carbonyl (C=O) groups is 1. The van der Waals surface area contributed by atoms with Gasteiger partial charge in [0.1, 0.15) is 0 Å². The number of halogens is 2. The van der Waals surface area contributed by atoms with Gasteiger partial charge in [-0.3, -0.25) is 4.79 Å². The maximum atomic E-state index is 12.3. The summed E-state index contributed by atoms with van der Waals surface area (Å²) >= 11 is 8.31. The van der Waals surface area contributed by atoms with Crippen LogP contribution in [0.1, 0.15) is 17.3 Å². The summed E-state index contributed by atoms with van der Waals surface area (Å²) in [5.41, 5.74) is 0.727. The maximum Gasteiger partial charge on any atom is 0.256 e. The minimum Gasteiger partial charge on any atom is -0.377 e. The van der Waals surface area contributed by atoms with Crippen molar-refractivity contribution in [2.45, 2.75) is 13.0 Å². The monoisotopic (exact) mass is 367 g/mol. The predicted molar refractivity (Wildman–Crippen MR) is 71.0 cm³/mol. The van der Waals surface area contributed by atoms with E-state index < -0.39 is 0 Å². The average Bonchev–Trinajstić information content (AvgIpc) is 2.58. The highest BCUT2D eigenvalue weighted by atomic mass is 79.9. The molecule has 6 heteroatoms. The van der Waals surface area contributed by atoms with Crippen molar-refractivity contribution in [2.24, 2.45) is 0 Å². The van der Waals surface area contributed by atoms with E-state index in [0.29, 0.717) is 19.8 Å². The molecule has 0 aromatic carbocycles. The zero-order valence-corrected chi connectivity index (χ0v) is 12.7. The van der Waals surface area contributed by atoms with Gasteiger partial charge in [0.25, 0.3) is 5.91 Å². The van der Waals surface area contributed by atoms with Gasteiger partial charge < -0.3 is 9.64 Å². The van der Waals surface area contributed by atoms with Crippen molar-refractivity contribution < 1.29 is 9.53 Å². The van der Waals surface area contributed by atoms with Gasteiger partial charge in [0.15, 0.2) is 0 Å². The van der Waals surface area contributed by atoms with Crippen molar-refractivity contribution in [3.05, 3.63) is 19.2 Å². The lowest BCUT2D eigenvalue weighted by atomic mass is 10.2. The number of rotatable bonds is 1. The van der Waals surface area contributed by atoms with E-state index in [1.165, 1.54) is 11.3 Å². The first-order valence-electron chi connectivity index (χ1n) is 4.93. The standard InChI is InChI=1S/C10H11Br2NO2S/c1-6-5-15-3-2-13(6)10(14)7-4-8(11)16-9(7)12/h4,6H,2-3,5H2,1H3/t6-/m1/s1. The van der Waals surface area contributed by atoms with Crippen molar-refractivity contribution in [3.63, 3.8) is 0 Å². The van der Waals surface area contributed by atoms with Gasteiger partial charge in [-0.15, -0.1) is 11.3 Å². The zero-order valence-electron chi connectivity index (χ0n) is 8.70. The Balaban J connectivity index is 2.21. The smallest absolute Gasteiger partial charge is 0.256 e. The highest BCUT2D eigenvalue weighted by molar-refractivity contribution is 9.12. The molecule has 0 radical (unpaired) electrons. The highest BCUT2D eigenvalue weighted by Crippen LogP contribution is 2.33. The minimum atomic E-state index is 0.0737. The van der Waals surface area contributed by atoms with Crippen LogP contribution in [0.5, 0.6) is 0 Å². The summed E-state index contributed by atoms with van der Waals surface area (Å²) in [5.74, 6) is 0.0737. The molecule has 1 atom stereocenters. The van der Waals surface area contributed by atoms with Crippen LogP contribution in [-0.4, -0.2) is 36.6 Å².